The van der Waals surface area contributed by atoms with Crippen molar-refractivity contribution in [2.75, 3.05) is 17.3 Å². The van der Waals surface area contributed by atoms with E-state index < -0.39 is 0 Å². The smallest absolute Gasteiger partial charge is 0.232 e. The summed E-state index contributed by atoms with van der Waals surface area (Å²) in [5.74, 6) is 0.400. The summed E-state index contributed by atoms with van der Waals surface area (Å²) in [5.41, 5.74) is 8.08. The summed E-state index contributed by atoms with van der Waals surface area (Å²) < 4.78 is 5.47. The van der Waals surface area contributed by atoms with Gasteiger partial charge in [0.15, 0.2) is 5.16 Å². The van der Waals surface area contributed by atoms with Gasteiger partial charge in [0.05, 0.1) is 22.4 Å². The van der Waals surface area contributed by atoms with Gasteiger partial charge >= 0.3 is 0 Å². The summed E-state index contributed by atoms with van der Waals surface area (Å²) in [5, 5.41) is 5.70. The topological polar surface area (TPSA) is 77.0 Å². The average molecular weight is 355 g/mol. The van der Waals surface area contributed by atoms with Crippen LogP contribution in [0, 0.1) is 0 Å². The predicted octanol–water partition coefficient (Wildman–Crippen LogP) is 4.45. The van der Waals surface area contributed by atoms with Gasteiger partial charge in [-0.1, -0.05) is 35.0 Å². The number of furan rings is 1. The van der Waals surface area contributed by atoms with E-state index in [1.165, 1.54) is 11.8 Å². The van der Waals surface area contributed by atoms with Crippen molar-refractivity contribution in [3.05, 3.63) is 40.1 Å². The highest BCUT2D eigenvalue weighted by Gasteiger charge is 2.14. The van der Waals surface area contributed by atoms with Crippen molar-refractivity contribution in [1.82, 2.24) is 9.97 Å². The molecule has 0 saturated heterocycles. The fraction of sp³-hybridized carbons (Fsp3) is 0.143. The molecule has 0 fully saturated rings. The van der Waals surface area contributed by atoms with Crippen LogP contribution < -0.4 is 11.1 Å². The molecule has 2 heterocycles. The Balaban J connectivity index is 1.90. The molecule has 0 amide bonds. The van der Waals surface area contributed by atoms with E-state index in [4.69, 9.17) is 33.4 Å². The molecule has 5 nitrogen and oxygen atoms in total. The van der Waals surface area contributed by atoms with E-state index in [2.05, 4.69) is 15.3 Å². The molecule has 3 rings (SSSR count). The number of nitrogens with one attached hydrogen (secondary N) is 1. The number of rotatable bonds is 4. The maximum Gasteiger partial charge on any atom is 0.232 e. The van der Waals surface area contributed by atoms with Crippen molar-refractivity contribution < 1.29 is 4.42 Å². The number of nitrogens with two attached hydrogens (primary N) is 1. The zero-order valence-electron chi connectivity index (χ0n) is 11.6. The fourth-order valence-electron chi connectivity index (χ4n) is 2.05. The number of nitrogens with zero attached hydrogens (tertiary/aromatic N) is 2. The van der Waals surface area contributed by atoms with Gasteiger partial charge in [0.2, 0.25) is 5.71 Å². The zero-order chi connectivity index (χ0) is 15.7. The van der Waals surface area contributed by atoms with Gasteiger partial charge in [-0.05, 0) is 24.5 Å². The lowest BCUT2D eigenvalue weighted by Gasteiger charge is -2.08. The Morgan fingerprint density at radius 3 is 2.91 bits per heavy atom. The summed E-state index contributed by atoms with van der Waals surface area (Å²) in [4.78, 5) is 8.53. The van der Waals surface area contributed by atoms with Crippen LogP contribution in [0.4, 0.5) is 11.5 Å². The predicted molar refractivity (Wildman–Crippen MR) is 91.8 cm³/mol. The van der Waals surface area contributed by atoms with E-state index in [-0.39, 0.29) is 0 Å². The fourth-order valence-corrected chi connectivity index (χ4v) is 2.77. The van der Waals surface area contributed by atoms with E-state index in [9.17, 15) is 0 Å². The molecule has 0 aliphatic carbocycles. The third-order valence-electron chi connectivity index (χ3n) is 3.10. The van der Waals surface area contributed by atoms with Crippen LogP contribution in [0.1, 0.15) is 5.56 Å². The Hall–Kier alpha value is -1.63. The average Bonchev–Trinajstić information content (AvgIpc) is 2.91. The van der Waals surface area contributed by atoms with Crippen LogP contribution in [0.3, 0.4) is 0 Å². The summed E-state index contributed by atoms with van der Waals surface area (Å²) in [6.45, 7) is 0.471. The number of benzene rings is 1. The molecule has 0 bridgehead atoms. The first-order chi connectivity index (χ1) is 10.6. The molecule has 8 heteroatoms. The number of hydrogen-bond donors (Lipinski definition) is 2. The summed E-state index contributed by atoms with van der Waals surface area (Å²) in [6, 6.07) is 5.23. The van der Waals surface area contributed by atoms with Gasteiger partial charge in [0.1, 0.15) is 5.82 Å². The monoisotopic (exact) mass is 354 g/mol. The van der Waals surface area contributed by atoms with Crippen molar-refractivity contribution in [2.24, 2.45) is 0 Å². The first kappa shape index (κ1) is 15.3. The van der Waals surface area contributed by atoms with Crippen LogP contribution in [0.2, 0.25) is 10.0 Å². The Labute approximate surface area is 141 Å². The van der Waals surface area contributed by atoms with Crippen LogP contribution in [-0.4, -0.2) is 16.2 Å². The standard InChI is InChI=1S/C14H12Cl2N4OS/c1-22-14-19-12(17)11-7(6-21-13(11)20-14)5-18-10-4-8(15)2-3-9(10)16/h2-4,6,18H,5H2,1H3,(H2,17,19,20). The van der Waals surface area contributed by atoms with E-state index in [0.717, 1.165) is 11.3 Å². The highest BCUT2D eigenvalue weighted by atomic mass is 35.5. The van der Waals surface area contributed by atoms with Crippen LogP contribution in [-0.2, 0) is 6.54 Å². The minimum Gasteiger partial charge on any atom is -0.446 e. The van der Waals surface area contributed by atoms with E-state index in [1.807, 2.05) is 6.26 Å². The Kier molecular flexibility index (Phi) is 4.33. The highest BCUT2D eigenvalue weighted by Crippen LogP contribution is 2.29. The second kappa shape index (κ2) is 6.24. The lowest BCUT2D eigenvalue weighted by atomic mass is 10.2. The molecule has 3 N–H and O–H groups in total. The number of halogens is 2. The lowest BCUT2D eigenvalue weighted by Crippen LogP contribution is -2.02. The van der Waals surface area contributed by atoms with E-state index in [0.29, 0.717) is 38.7 Å². The summed E-state index contributed by atoms with van der Waals surface area (Å²) in [6.07, 6.45) is 3.50. The van der Waals surface area contributed by atoms with Gasteiger partial charge in [0, 0.05) is 17.1 Å². The molecule has 0 spiro atoms. The van der Waals surface area contributed by atoms with Crippen LogP contribution in [0.15, 0.2) is 34.0 Å². The van der Waals surface area contributed by atoms with Gasteiger partial charge in [-0.25, -0.2) is 4.98 Å². The molecule has 22 heavy (non-hydrogen) atoms. The number of nitrogen functional groups attached to an aromatic ring is 1. The number of anilines is 2. The number of hydrogen-bond acceptors (Lipinski definition) is 6. The Bertz CT molecular complexity index is 837. The molecular formula is C14H12Cl2N4OS. The van der Waals surface area contributed by atoms with Crippen molar-refractivity contribution >= 4 is 57.6 Å². The van der Waals surface area contributed by atoms with E-state index in [1.54, 1.807) is 24.5 Å². The van der Waals surface area contributed by atoms with Crippen LogP contribution >= 0.6 is 35.0 Å². The molecule has 114 valence electrons. The number of thioether (sulfide) groups is 1. The molecule has 0 aliphatic rings. The van der Waals surface area contributed by atoms with Gasteiger partial charge in [-0.2, -0.15) is 4.98 Å². The van der Waals surface area contributed by atoms with Gasteiger partial charge in [-0.3, -0.25) is 0 Å². The van der Waals surface area contributed by atoms with Gasteiger partial charge in [0.25, 0.3) is 0 Å². The highest BCUT2D eigenvalue weighted by molar-refractivity contribution is 7.98. The van der Waals surface area contributed by atoms with E-state index >= 15 is 0 Å². The molecule has 0 unspecified atom stereocenters. The molecule has 0 saturated carbocycles. The normalized spacial score (nSPS) is 11.0. The molecule has 0 aliphatic heterocycles. The Morgan fingerprint density at radius 2 is 2.14 bits per heavy atom. The largest absolute Gasteiger partial charge is 0.446 e. The van der Waals surface area contributed by atoms with Crippen molar-refractivity contribution in [1.29, 1.82) is 0 Å². The second-order valence-electron chi connectivity index (χ2n) is 4.51. The quantitative estimate of drug-likeness (QED) is 0.532. The van der Waals surface area contributed by atoms with Crippen molar-refractivity contribution in [3.8, 4) is 0 Å². The number of fused-ring (bicyclic) bond motifs is 1. The maximum atomic E-state index is 6.13. The van der Waals surface area contributed by atoms with Crippen molar-refractivity contribution in [3.63, 3.8) is 0 Å². The SMILES string of the molecule is CSc1nc(N)c2c(CNc3cc(Cl)ccc3Cl)coc2n1. The molecule has 0 atom stereocenters. The molecule has 3 aromatic rings. The van der Waals surface area contributed by atoms with Crippen LogP contribution in [0.25, 0.3) is 11.1 Å². The molecule has 2 aromatic heterocycles. The first-order valence-electron chi connectivity index (χ1n) is 6.35. The molecule has 1 aromatic carbocycles. The maximum absolute atomic E-state index is 6.13. The van der Waals surface area contributed by atoms with Crippen LogP contribution in [0.5, 0.6) is 0 Å². The van der Waals surface area contributed by atoms with Gasteiger partial charge < -0.3 is 15.5 Å². The third-order valence-corrected chi connectivity index (χ3v) is 4.21. The van der Waals surface area contributed by atoms with Crippen molar-refractivity contribution in [2.45, 2.75) is 11.7 Å². The first-order valence-corrected chi connectivity index (χ1v) is 8.33. The minimum atomic E-state index is 0.400. The summed E-state index contributed by atoms with van der Waals surface area (Å²) >= 11 is 13.5. The number of aromatic nitrogens is 2. The molecule has 0 radical (unpaired) electrons. The Morgan fingerprint density at radius 1 is 1.32 bits per heavy atom. The molecular weight excluding hydrogens is 343 g/mol. The summed E-state index contributed by atoms with van der Waals surface area (Å²) in [7, 11) is 0. The lowest BCUT2D eigenvalue weighted by molar-refractivity contribution is 0.594. The second-order valence-corrected chi connectivity index (χ2v) is 6.13. The minimum absolute atomic E-state index is 0.400. The third kappa shape index (κ3) is 2.95. The zero-order valence-corrected chi connectivity index (χ0v) is 13.9. The van der Waals surface area contributed by atoms with Gasteiger partial charge in [-0.15, -0.1) is 0 Å².